The van der Waals surface area contributed by atoms with Crippen LogP contribution in [0, 0.1) is 6.92 Å². The molecule has 0 aliphatic heterocycles. The van der Waals surface area contributed by atoms with E-state index in [9.17, 15) is 9.59 Å². The summed E-state index contributed by atoms with van der Waals surface area (Å²) in [5.74, 6) is 0.400. The van der Waals surface area contributed by atoms with E-state index in [1.165, 1.54) is 26.5 Å². The molecule has 0 aliphatic rings. The van der Waals surface area contributed by atoms with Crippen molar-refractivity contribution in [3.63, 3.8) is 0 Å². The molecule has 9 heteroatoms. The Labute approximate surface area is 146 Å². The maximum atomic E-state index is 12.0. The summed E-state index contributed by atoms with van der Waals surface area (Å²) < 4.78 is 11.3. The van der Waals surface area contributed by atoms with Crippen molar-refractivity contribution < 1.29 is 14.3 Å². The maximum absolute atomic E-state index is 12.0. The molecule has 2 aromatic rings. The minimum Gasteiger partial charge on any atom is -0.493 e. The molecule has 1 aromatic heterocycles. The molecule has 0 saturated carbocycles. The van der Waals surface area contributed by atoms with Gasteiger partial charge in [0.15, 0.2) is 11.5 Å². The third-order valence-electron chi connectivity index (χ3n) is 2.95. The van der Waals surface area contributed by atoms with Crippen molar-refractivity contribution in [3.8, 4) is 11.5 Å². The molecule has 0 bridgehead atoms. The number of hydrogen-bond donors (Lipinski definition) is 2. The Kier molecular flexibility index (Phi) is 5.69. The van der Waals surface area contributed by atoms with Crippen molar-refractivity contribution >= 4 is 28.1 Å². The van der Waals surface area contributed by atoms with E-state index in [0.717, 1.165) is 4.47 Å². The Morgan fingerprint density at radius 3 is 2.71 bits per heavy atom. The van der Waals surface area contributed by atoms with Crippen LogP contribution in [0.5, 0.6) is 11.5 Å². The van der Waals surface area contributed by atoms with Crippen molar-refractivity contribution in [2.24, 2.45) is 5.10 Å². The summed E-state index contributed by atoms with van der Waals surface area (Å²) in [5.41, 5.74) is 2.82. The summed E-state index contributed by atoms with van der Waals surface area (Å²) >= 11 is 3.36. The van der Waals surface area contributed by atoms with Gasteiger partial charge in [0.05, 0.1) is 20.4 Å². The van der Waals surface area contributed by atoms with Gasteiger partial charge in [-0.1, -0.05) is 15.9 Å². The van der Waals surface area contributed by atoms with Gasteiger partial charge in [-0.25, -0.2) is 10.2 Å². The lowest BCUT2D eigenvalue weighted by Crippen LogP contribution is -2.24. The van der Waals surface area contributed by atoms with E-state index in [0.29, 0.717) is 22.8 Å². The smallest absolute Gasteiger partial charge is 0.345 e. The third-order valence-corrected chi connectivity index (χ3v) is 3.41. The number of nitrogens with one attached hydrogen (secondary N) is 2. The number of carbonyl (C=O) groups is 1. The minimum atomic E-state index is -0.596. The summed E-state index contributed by atoms with van der Waals surface area (Å²) in [6.07, 6.45) is 1.41. The molecule has 2 N–H and O–H groups in total. The van der Waals surface area contributed by atoms with E-state index in [-0.39, 0.29) is 5.69 Å². The Morgan fingerprint density at radius 2 is 2.08 bits per heavy atom. The Hall–Kier alpha value is -2.68. The Morgan fingerprint density at radius 1 is 1.33 bits per heavy atom. The number of hydrogen-bond acceptors (Lipinski definition) is 6. The van der Waals surface area contributed by atoms with Crippen molar-refractivity contribution in [2.45, 2.75) is 6.92 Å². The molecular weight excluding hydrogens is 380 g/mol. The molecule has 1 amide bonds. The molecule has 126 valence electrons. The lowest BCUT2D eigenvalue weighted by Gasteiger charge is -2.10. The fourth-order valence-electron chi connectivity index (χ4n) is 1.97. The van der Waals surface area contributed by atoms with Crippen molar-refractivity contribution in [3.05, 3.63) is 50.1 Å². The molecule has 0 fully saturated rings. The van der Waals surface area contributed by atoms with Crippen LogP contribution in [0.1, 0.15) is 21.7 Å². The van der Waals surface area contributed by atoms with Crippen LogP contribution >= 0.6 is 15.9 Å². The average molecular weight is 395 g/mol. The number of methoxy groups -OCH3 is 2. The van der Waals surface area contributed by atoms with E-state index >= 15 is 0 Å². The van der Waals surface area contributed by atoms with Crippen LogP contribution in [0.25, 0.3) is 0 Å². The molecule has 24 heavy (non-hydrogen) atoms. The molecule has 8 nitrogen and oxygen atoms in total. The quantitative estimate of drug-likeness (QED) is 0.591. The zero-order valence-electron chi connectivity index (χ0n) is 13.2. The van der Waals surface area contributed by atoms with Gasteiger partial charge in [0.1, 0.15) is 5.69 Å². The first-order valence-electron chi connectivity index (χ1n) is 6.77. The Bertz CT molecular complexity index is 848. The van der Waals surface area contributed by atoms with Crippen LogP contribution in [0.2, 0.25) is 0 Å². The number of ether oxygens (including phenoxy) is 2. The molecule has 2 rings (SSSR count). The molecule has 0 saturated heterocycles. The van der Waals surface area contributed by atoms with Crippen LogP contribution in [-0.4, -0.2) is 36.3 Å². The first-order chi connectivity index (χ1) is 11.4. The monoisotopic (exact) mass is 394 g/mol. The number of rotatable bonds is 5. The highest BCUT2D eigenvalue weighted by Gasteiger charge is 2.11. The van der Waals surface area contributed by atoms with Gasteiger partial charge in [-0.3, -0.25) is 4.79 Å². The highest BCUT2D eigenvalue weighted by atomic mass is 79.9. The summed E-state index contributed by atoms with van der Waals surface area (Å²) in [4.78, 5) is 29.3. The largest absolute Gasteiger partial charge is 0.493 e. The molecule has 1 aromatic carbocycles. The summed E-state index contributed by atoms with van der Waals surface area (Å²) in [5, 5.41) is 3.87. The second-order valence-electron chi connectivity index (χ2n) is 4.68. The molecule has 0 unspecified atom stereocenters. The van der Waals surface area contributed by atoms with Crippen LogP contribution in [0.3, 0.4) is 0 Å². The molecule has 0 atom stereocenters. The first-order valence-corrected chi connectivity index (χ1v) is 7.56. The number of nitrogens with zero attached hydrogens (tertiary/aromatic N) is 2. The predicted molar refractivity (Wildman–Crippen MR) is 91.9 cm³/mol. The van der Waals surface area contributed by atoms with Gasteiger partial charge < -0.3 is 14.5 Å². The van der Waals surface area contributed by atoms with Crippen molar-refractivity contribution in [2.75, 3.05) is 14.2 Å². The number of carbonyl (C=O) groups excluding carboxylic acids is 1. The minimum absolute atomic E-state index is 0.0211. The van der Waals surface area contributed by atoms with Gasteiger partial charge in [-0.05, 0) is 25.1 Å². The maximum Gasteiger partial charge on any atom is 0.345 e. The second-order valence-corrected chi connectivity index (χ2v) is 5.60. The van der Waals surface area contributed by atoms with Gasteiger partial charge in [-0.15, -0.1) is 0 Å². The molecule has 0 radical (unpaired) electrons. The van der Waals surface area contributed by atoms with E-state index in [1.54, 1.807) is 19.1 Å². The van der Waals surface area contributed by atoms with E-state index in [1.807, 2.05) is 0 Å². The van der Waals surface area contributed by atoms with E-state index in [2.05, 4.69) is 36.4 Å². The van der Waals surface area contributed by atoms with Crippen LogP contribution in [0.15, 0.2) is 32.6 Å². The highest BCUT2D eigenvalue weighted by Crippen LogP contribution is 2.33. The average Bonchev–Trinajstić information content (AvgIpc) is 2.53. The van der Waals surface area contributed by atoms with Gasteiger partial charge in [-0.2, -0.15) is 10.1 Å². The SMILES string of the molecule is COc1cc(Br)cc(/C=N/NC(=O)c2cc(C)[nH]c(=O)n2)c1OC. The van der Waals surface area contributed by atoms with E-state index in [4.69, 9.17) is 9.47 Å². The fraction of sp³-hybridized carbons (Fsp3) is 0.200. The lowest BCUT2D eigenvalue weighted by molar-refractivity contribution is 0.0949. The number of aryl methyl sites for hydroxylation is 1. The van der Waals surface area contributed by atoms with Crippen LogP contribution in [0.4, 0.5) is 0 Å². The number of amides is 1. The first kappa shape index (κ1) is 17.7. The number of aromatic amines is 1. The molecular formula is C15H15BrN4O4. The van der Waals surface area contributed by atoms with Crippen LogP contribution < -0.4 is 20.6 Å². The predicted octanol–water partition coefficient (Wildman–Crippen LogP) is 1.62. The van der Waals surface area contributed by atoms with Crippen molar-refractivity contribution in [1.29, 1.82) is 0 Å². The zero-order valence-corrected chi connectivity index (χ0v) is 14.8. The third kappa shape index (κ3) is 4.19. The number of aromatic nitrogens is 2. The number of hydrazone groups is 1. The Balaban J connectivity index is 2.21. The normalized spacial score (nSPS) is 10.7. The lowest BCUT2D eigenvalue weighted by atomic mass is 10.2. The van der Waals surface area contributed by atoms with Gasteiger partial charge >= 0.3 is 5.69 Å². The number of benzene rings is 1. The van der Waals surface area contributed by atoms with Gasteiger partial charge in [0.25, 0.3) is 5.91 Å². The van der Waals surface area contributed by atoms with Crippen molar-refractivity contribution in [1.82, 2.24) is 15.4 Å². The molecule has 0 aliphatic carbocycles. The molecule has 0 spiro atoms. The summed E-state index contributed by atoms with van der Waals surface area (Å²) in [6, 6.07) is 4.96. The summed E-state index contributed by atoms with van der Waals surface area (Å²) in [6.45, 7) is 1.65. The van der Waals surface area contributed by atoms with Gasteiger partial charge in [0.2, 0.25) is 0 Å². The topological polar surface area (TPSA) is 106 Å². The zero-order chi connectivity index (χ0) is 17.7. The number of H-pyrrole nitrogens is 1. The van der Waals surface area contributed by atoms with E-state index < -0.39 is 11.6 Å². The van der Waals surface area contributed by atoms with Gasteiger partial charge in [0, 0.05) is 15.7 Å². The fourth-order valence-corrected chi connectivity index (χ4v) is 2.42. The molecule has 1 heterocycles. The van der Waals surface area contributed by atoms with Crippen LogP contribution in [-0.2, 0) is 0 Å². The standard InChI is InChI=1S/C15H15BrN4O4/c1-8-4-11(19-15(22)18-8)14(21)20-17-7-9-5-10(16)6-12(23-2)13(9)24-3/h4-7H,1-3H3,(H,20,21)(H,18,19,22)/b17-7+. The summed E-state index contributed by atoms with van der Waals surface area (Å²) in [7, 11) is 3.03. The highest BCUT2D eigenvalue weighted by molar-refractivity contribution is 9.10. The number of halogens is 1. The second kappa shape index (κ2) is 7.73.